The summed E-state index contributed by atoms with van der Waals surface area (Å²) in [5, 5.41) is 11.8. The van der Waals surface area contributed by atoms with E-state index in [4.69, 9.17) is 10.1 Å². The van der Waals surface area contributed by atoms with Gasteiger partial charge in [0.15, 0.2) is 5.65 Å². The van der Waals surface area contributed by atoms with Crippen LogP contribution in [0.3, 0.4) is 0 Å². The third-order valence-electron chi connectivity index (χ3n) is 8.24. The van der Waals surface area contributed by atoms with Crippen LogP contribution in [0.1, 0.15) is 70.8 Å². The summed E-state index contributed by atoms with van der Waals surface area (Å²) in [5.41, 5.74) is 1.39. The SMILES string of the molecule is CCCCNc1ncc2c(-c3ccc(S(=O)(=O)NC4(C(=O)Nc5ccc(F)cc5)CC4)cc3)nn(C3CCCCC3)c2n1. The van der Waals surface area contributed by atoms with Crippen LogP contribution in [0, 0.1) is 5.82 Å². The first-order valence-electron chi connectivity index (χ1n) is 15.0. The second kappa shape index (κ2) is 12.0. The fourth-order valence-electron chi connectivity index (χ4n) is 5.57. The molecule has 0 spiro atoms. The number of anilines is 2. The largest absolute Gasteiger partial charge is 0.354 e. The van der Waals surface area contributed by atoms with Gasteiger partial charge in [-0.25, -0.2) is 22.5 Å². The molecule has 3 N–H and O–H groups in total. The van der Waals surface area contributed by atoms with Gasteiger partial charge in [-0.1, -0.05) is 44.7 Å². The van der Waals surface area contributed by atoms with Gasteiger partial charge < -0.3 is 10.6 Å². The minimum absolute atomic E-state index is 0.0480. The summed E-state index contributed by atoms with van der Waals surface area (Å²) in [5.74, 6) is -0.314. The maximum absolute atomic E-state index is 13.3. The number of rotatable bonds is 11. The lowest BCUT2D eigenvalue weighted by molar-refractivity contribution is -0.118. The van der Waals surface area contributed by atoms with E-state index in [-0.39, 0.29) is 10.9 Å². The summed E-state index contributed by atoms with van der Waals surface area (Å²) in [6.07, 6.45) is 10.2. The molecule has 226 valence electrons. The molecule has 43 heavy (non-hydrogen) atoms. The summed E-state index contributed by atoms with van der Waals surface area (Å²) in [4.78, 5) is 22.4. The summed E-state index contributed by atoms with van der Waals surface area (Å²) in [7, 11) is -4.00. The Kier molecular flexibility index (Phi) is 8.15. The van der Waals surface area contributed by atoms with Crippen LogP contribution in [0.2, 0.25) is 0 Å². The molecule has 0 bridgehead atoms. The summed E-state index contributed by atoms with van der Waals surface area (Å²) < 4.78 is 44.5. The normalized spacial score (nSPS) is 16.7. The minimum Gasteiger partial charge on any atom is -0.354 e. The molecule has 0 aliphatic heterocycles. The molecule has 1 amide bonds. The third kappa shape index (κ3) is 6.25. The predicted molar refractivity (Wildman–Crippen MR) is 164 cm³/mol. The number of nitrogens with zero attached hydrogens (tertiary/aromatic N) is 4. The molecule has 0 saturated heterocycles. The second-order valence-electron chi connectivity index (χ2n) is 11.5. The Morgan fingerprint density at radius 1 is 1.05 bits per heavy atom. The standard InChI is InChI=1S/C31H36FN7O3S/c1-2-3-19-33-30-34-20-26-27(37-39(28(26)36-30)24-7-5-4-6-8-24)21-9-15-25(16-10-21)43(41,42)38-31(17-18-31)29(40)35-23-13-11-22(32)12-14-23/h9-16,20,24,38H,2-8,17-19H2,1H3,(H,35,40)(H,33,34,36). The fourth-order valence-corrected chi connectivity index (χ4v) is 7.00. The molecule has 12 heteroatoms. The number of unbranched alkanes of at least 4 members (excludes halogenated alkanes) is 1. The van der Waals surface area contributed by atoms with Crippen molar-refractivity contribution in [2.24, 2.45) is 0 Å². The van der Waals surface area contributed by atoms with Crippen molar-refractivity contribution < 1.29 is 17.6 Å². The minimum atomic E-state index is -4.00. The van der Waals surface area contributed by atoms with Gasteiger partial charge in [-0.15, -0.1) is 0 Å². The molecular formula is C31H36FN7O3S. The van der Waals surface area contributed by atoms with Crippen molar-refractivity contribution in [1.82, 2.24) is 24.5 Å². The van der Waals surface area contributed by atoms with Gasteiger partial charge in [0.05, 0.1) is 16.3 Å². The maximum Gasteiger partial charge on any atom is 0.245 e. The molecule has 4 aromatic rings. The van der Waals surface area contributed by atoms with Crippen LogP contribution >= 0.6 is 0 Å². The van der Waals surface area contributed by atoms with Gasteiger partial charge in [-0.05, 0) is 68.5 Å². The van der Waals surface area contributed by atoms with Crippen molar-refractivity contribution in [3.8, 4) is 11.3 Å². The van der Waals surface area contributed by atoms with E-state index in [0.29, 0.717) is 30.2 Å². The van der Waals surface area contributed by atoms with Gasteiger partial charge in [0.2, 0.25) is 21.9 Å². The Labute approximate surface area is 250 Å². The number of hydrogen-bond donors (Lipinski definition) is 3. The Morgan fingerprint density at radius 2 is 1.77 bits per heavy atom. The van der Waals surface area contributed by atoms with Crippen molar-refractivity contribution in [2.75, 3.05) is 17.2 Å². The number of nitrogens with one attached hydrogen (secondary N) is 3. The quantitative estimate of drug-likeness (QED) is 0.184. The Morgan fingerprint density at radius 3 is 2.44 bits per heavy atom. The number of hydrogen-bond acceptors (Lipinski definition) is 7. The van der Waals surface area contributed by atoms with E-state index >= 15 is 0 Å². The number of amides is 1. The van der Waals surface area contributed by atoms with Gasteiger partial charge in [0.25, 0.3) is 0 Å². The number of carbonyl (C=O) groups excluding carboxylic acids is 1. The zero-order chi connectivity index (χ0) is 30.0. The number of fused-ring (bicyclic) bond motifs is 1. The van der Waals surface area contributed by atoms with Crippen LogP contribution < -0.4 is 15.4 Å². The molecule has 0 atom stereocenters. The molecule has 2 aliphatic rings. The average Bonchev–Trinajstić information content (AvgIpc) is 3.70. The number of aromatic nitrogens is 4. The van der Waals surface area contributed by atoms with Crippen molar-refractivity contribution in [1.29, 1.82) is 0 Å². The zero-order valence-corrected chi connectivity index (χ0v) is 25.0. The van der Waals surface area contributed by atoms with Crippen LogP contribution in [0.15, 0.2) is 59.6 Å². The molecule has 2 aromatic carbocycles. The first-order chi connectivity index (χ1) is 20.8. The third-order valence-corrected chi connectivity index (χ3v) is 9.79. The molecular weight excluding hydrogens is 569 g/mol. The van der Waals surface area contributed by atoms with E-state index < -0.39 is 27.3 Å². The molecule has 2 saturated carbocycles. The van der Waals surface area contributed by atoms with E-state index in [1.54, 1.807) is 18.3 Å². The molecule has 6 rings (SSSR count). The van der Waals surface area contributed by atoms with Crippen molar-refractivity contribution >= 4 is 38.6 Å². The molecule has 2 aliphatic carbocycles. The van der Waals surface area contributed by atoms with E-state index in [2.05, 4.69) is 27.3 Å². The predicted octanol–water partition coefficient (Wildman–Crippen LogP) is 5.80. The lowest BCUT2D eigenvalue weighted by atomic mass is 9.96. The van der Waals surface area contributed by atoms with Gasteiger partial charge in [0, 0.05) is 24.0 Å². The molecule has 0 radical (unpaired) electrons. The van der Waals surface area contributed by atoms with E-state index in [1.165, 1.54) is 42.8 Å². The van der Waals surface area contributed by atoms with E-state index in [0.717, 1.165) is 61.7 Å². The van der Waals surface area contributed by atoms with Gasteiger partial charge in [0.1, 0.15) is 17.1 Å². The highest BCUT2D eigenvalue weighted by molar-refractivity contribution is 7.89. The molecule has 2 fully saturated rings. The van der Waals surface area contributed by atoms with Crippen LogP contribution in [-0.4, -0.2) is 46.2 Å². The van der Waals surface area contributed by atoms with E-state index in [1.807, 2.05) is 4.68 Å². The van der Waals surface area contributed by atoms with Crippen LogP contribution in [0.4, 0.5) is 16.0 Å². The number of halogens is 1. The molecule has 2 heterocycles. The summed E-state index contributed by atoms with van der Waals surface area (Å²) >= 11 is 0. The average molecular weight is 606 g/mol. The number of benzene rings is 2. The van der Waals surface area contributed by atoms with Crippen molar-refractivity contribution in [3.05, 3.63) is 60.5 Å². The number of sulfonamides is 1. The fraction of sp³-hybridized carbons (Fsp3) is 0.419. The Bertz CT molecular complexity index is 1710. The molecule has 2 aromatic heterocycles. The van der Waals surface area contributed by atoms with Gasteiger partial charge in [-0.2, -0.15) is 14.8 Å². The first-order valence-corrected chi connectivity index (χ1v) is 16.5. The summed E-state index contributed by atoms with van der Waals surface area (Å²) in [6, 6.07) is 12.1. The lowest BCUT2D eigenvalue weighted by Gasteiger charge is -2.22. The highest BCUT2D eigenvalue weighted by Gasteiger charge is 2.52. The van der Waals surface area contributed by atoms with Gasteiger partial charge in [-0.3, -0.25) is 4.79 Å². The Hall–Kier alpha value is -3.90. The van der Waals surface area contributed by atoms with Crippen molar-refractivity contribution in [2.45, 2.75) is 81.2 Å². The van der Waals surface area contributed by atoms with E-state index in [9.17, 15) is 17.6 Å². The topological polar surface area (TPSA) is 131 Å². The summed E-state index contributed by atoms with van der Waals surface area (Å²) in [6.45, 7) is 2.94. The van der Waals surface area contributed by atoms with Crippen LogP contribution in [0.5, 0.6) is 0 Å². The van der Waals surface area contributed by atoms with Crippen molar-refractivity contribution in [3.63, 3.8) is 0 Å². The number of carbonyl (C=O) groups is 1. The Balaban J connectivity index is 1.24. The second-order valence-corrected chi connectivity index (χ2v) is 13.2. The molecule has 10 nitrogen and oxygen atoms in total. The maximum atomic E-state index is 13.3. The first kappa shape index (κ1) is 29.2. The smallest absolute Gasteiger partial charge is 0.245 e. The highest BCUT2D eigenvalue weighted by atomic mass is 32.2. The van der Waals surface area contributed by atoms with Gasteiger partial charge >= 0.3 is 0 Å². The monoisotopic (exact) mass is 605 g/mol. The zero-order valence-electron chi connectivity index (χ0n) is 24.1. The van der Waals surface area contributed by atoms with Crippen LogP contribution in [0.25, 0.3) is 22.3 Å². The van der Waals surface area contributed by atoms with Crippen LogP contribution in [-0.2, 0) is 14.8 Å². The highest BCUT2D eigenvalue weighted by Crippen LogP contribution is 2.39. The molecule has 0 unspecified atom stereocenters. The lowest BCUT2D eigenvalue weighted by Crippen LogP contribution is -2.46.